The van der Waals surface area contributed by atoms with Crippen molar-refractivity contribution in [3.8, 4) is 0 Å². The molecule has 4 rings (SSSR count). The molecular formula is C22H24N4O. The Hall–Kier alpha value is -3.08. The number of carbonyl (C=O) groups excluding carboxylic acids is 1. The van der Waals surface area contributed by atoms with E-state index in [0.717, 1.165) is 30.9 Å². The van der Waals surface area contributed by atoms with Gasteiger partial charge in [-0.2, -0.15) is 5.10 Å². The van der Waals surface area contributed by atoms with Crippen LogP contribution in [0.15, 0.2) is 60.7 Å². The number of aromatic nitrogens is 2. The topological polar surface area (TPSA) is 59.0 Å². The van der Waals surface area contributed by atoms with E-state index in [4.69, 9.17) is 0 Å². The van der Waals surface area contributed by atoms with Gasteiger partial charge in [0.05, 0.1) is 18.3 Å². The van der Waals surface area contributed by atoms with Crippen molar-refractivity contribution in [1.29, 1.82) is 0 Å². The number of amides is 1. The van der Waals surface area contributed by atoms with Crippen LogP contribution in [0.4, 0.5) is 5.82 Å². The lowest BCUT2D eigenvalue weighted by Gasteiger charge is -2.12. The molecule has 0 saturated heterocycles. The molecule has 2 aromatic carbocycles. The van der Waals surface area contributed by atoms with Gasteiger partial charge in [-0.05, 0) is 24.0 Å². The van der Waals surface area contributed by atoms with E-state index < -0.39 is 0 Å². The molecule has 5 heteroatoms. The summed E-state index contributed by atoms with van der Waals surface area (Å²) in [6.45, 7) is 3.38. The Morgan fingerprint density at radius 1 is 1.15 bits per heavy atom. The van der Waals surface area contributed by atoms with Crippen LogP contribution in [0.2, 0.25) is 0 Å². The van der Waals surface area contributed by atoms with Gasteiger partial charge in [-0.3, -0.25) is 4.79 Å². The number of fused-ring (bicyclic) bond motifs is 1. The first-order chi connectivity index (χ1) is 13.3. The lowest BCUT2D eigenvalue weighted by atomic mass is 10.1. The van der Waals surface area contributed by atoms with Crippen LogP contribution in [0.5, 0.6) is 0 Å². The maximum atomic E-state index is 12.9. The van der Waals surface area contributed by atoms with Gasteiger partial charge in [0.2, 0.25) is 0 Å². The van der Waals surface area contributed by atoms with Gasteiger partial charge in [-0.15, -0.1) is 0 Å². The summed E-state index contributed by atoms with van der Waals surface area (Å²) >= 11 is 0. The van der Waals surface area contributed by atoms with E-state index in [2.05, 4.69) is 40.0 Å². The first-order valence-electron chi connectivity index (χ1n) is 9.49. The van der Waals surface area contributed by atoms with Gasteiger partial charge in [-0.1, -0.05) is 67.6 Å². The number of hydrogen-bond acceptors (Lipinski definition) is 3. The summed E-state index contributed by atoms with van der Waals surface area (Å²) < 4.78 is 1.93. The largest absolute Gasteiger partial charge is 0.361 e. The number of anilines is 1. The smallest absolute Gasteiger partial charge is 0.256 e. The molecule has 0 spiro atoms. The first-order valence-corrected chi connectivity index (χ1v) is 9.49. The minimum atomic E-state index is -0.0507. The molecule has 1 aliphatic heterocycles. The van der Waals surface area contributed by atoms with Crippen LogP contribution < -0.4 is 10.6 Å². The molecule has 138 valence electrons. The van der Waals surface area contributed by atoms with Crippen LogP contribution in [0.3, 0.4) is 0 Å². The quantitative estimate of drug-likeness (QED) is 0.706. The second kappa shape index (κ2) is 7.66. The molecule has 5 nitrogen and oxygen atoms in total. The molecule has 0 fully saturated rings. The molecule has 1 atom stereocenters. The van der Waals surface area contributed by atoms with Crippen molar-refractivity contribution in [3.63, 3.8) is 0 Å². The normalized spacial score (nSPS) is 15.2. The van der Waals surface area contributed by atoms with Crippen molar-refractivity contribution in [2.24, 2.45) is 0 Å². The minimum absolute atomic E-state index is 0.0507. The second-order valence-electron chi connectivity index (χ2n) is 6.81. The lowest BCUT2D eigenvalue weighted by Crippen LogP contribution is -2.27. The standard InChI is InChI=1S/C22H24N4O/c1-2-18-20(22(27)23-14-13-16-9-5-3-6-10-16)21-24-19(15-26(21)25-18)17-11-7-4-8-12-17/h3-12,19,24H,2,13-15H2,1H3,(H,23,27)/t19-/m0/s1. The number of hydrogen-bond donors (Lipinski definition) is 2. The third kappa shape index (κ3) is 3.58. The second-order valence-corrected chi connectivity index (χ2v) is 6.81. The van der Waals surface area contributed by atoms with E-state index in [1.807, 2.05) is 48.0 Å². The average molecular weight is 360 g/mol. The fourth-order valence-electron chi connectivity index (χ4n) is 3.59. The van der Waals surface area contributed by atoms with Gasteiger partial charge in [-0.25, -0.2) is 4.68 Å². The number of benzene rings is 2. The molecule has 0 saturated carbocycles. The van der Waals surface area contributed by atoms with E-state index in [-0.39, 0.29) is 11.9 Å². The summed E-state index contributed by atoms with van der Waals surface area (Å²) in [6, 6.07) is 20.6. The minimum Gasteiger partial charge on any atom is -0.361 e. The predicted molar refractivity (Wildman–Crippen MR) is 107 cm³/mol. The summed E-state index contributed by atoms with van der Waals surface area (Å²) in [4.78, 5) is 12.9. The summed E-state index contributed by atoms with van der Waals surface area (Å²) in [6.07, 6.45) is 1.55. The molecule has 1 aliphatic rings. The maximum absolute atomic E-state index is 12.9. The van der Waals surface area contributed by atoms with Crippen molar-refractivity contribution >= 4 is 11.7 Å². The van der Waals surface area contributed by atoms with Gasteiger partial charge in [0.1, 0.15) is 11.4 Å². The number of aryl methyl sites for hydroxylation is 1. The van der Waals surface area contributed by atoms with Gasteiger partial charge >= 0.3 is 0 Å². The van der Waals surface area contributed by atoms with E-state index >= 15 is 0 Å². The molecular weight excluding hydrogens is 336 g/mol. The van der Waals surface area contributed by atoms with Crippen LogP contribution in [0.25, 0.3) is 0 Å². The number of rotatable bonds is 6. The Kier molecular flexibility index (Phi) is 4.92. The zero-order valence-electron chi connectivity index (χ0n) is 15.5. The van der Waals surface area contributed by atoms with Crippen LogP contribution in [-0.2, 0) is 19.4 Å². The Balaban J connectivity index is 1.47. The highest BCUT2D eigenvalue weighted by atomic mass is 16.1. The Morgan fingerprint density at radius 3 is 2.56 bits per heavy atom. The molecule has 0 aliphatic carbocycles. The summed E-state index contributed by atoms with van der Waals surface area (Å²) in [5, 5.41) is 11.2. The van der Waals surface area contributed by atoms with Crippen LogP contribution in [0.1, 0.15) is 40.1 Å². The number of nitrogens with one attached hydrogen (secondary N) is 2. The van der Waals surface area contributed by atoms with Crippen molar-refractivity contribution in [2.75, 3.05) is 11.9 Å². The molecule has 1 aromatic heterocycles. The molecule has 2 heterocycles. The van der Waals surface area contributed by atoms with Gasteiger partial charge in [0.15, 0.2) is 0 Å². The predicted octanol–water partition coefficient (Wildman–Crippen LogP) is 3.58. The molecule has 27 heavy (non-hydrogen) atoms. The molecule has 0 radical (unpaired) electrons. The fourth-order valence-corrected chi connectivity index (χ4v) is 3.59. The Bertz CT molecular complexity index is 918. The highest BCUT2D eigenvalue weighted by Crippen LogP contribution is 2.33. The first kappa shape index (κ1) is 17.3. The van der Waals surface area contributed by atoms with Gasteiger partial charge in [0, 0.05) is 6.54 Å². The molecule has 2 N–H and O–H groups in total. The van der Waals surface area contributed by atoms with Crippen LogP contribution in [0, 0.1) is 0 Å². The van der Waals surface area contributed by atoms with E-state index in [0.29, 0.717) is 12.1 Å². The van der Waals surface area contributed by atoms with Crippen molar-refractivity contribution in [3.05, 3.63) is 83.0 Å². The number of carbonyl (C=O) groups is 1. The molecule has 3 aromatic rings. The van der Waals surface area contributed by atoms with Crippen molar-refractivity contribution < 1.29 is 4.79 Å². The maximum Gasteiger partial charge on any atom is 0.256 e. The summed E-state index contributed by atoms with van der Waals surface area (Å²) in [5.41, 5.74) is 3.96. The highest BCUT2D eigenvalue weighted by Gasteiger charge is 2.30. The average Bonchev–Trinajstić information content (AvgIpc) is 3.27. The SMILES string of the molecule is CCc1nn2c(c1C(=O)NCCc1ccccc1)N[C@H](c1ccccc1)C2. The monoisotopic (exact) mass is 360 g/mol. The molecule has 0 bridgehead atoms. The third-order valence-corrected chi connectivity index (χ3v) is 5.00. The van der Waals surface area contributed by atoms with E-state index in [1.165, 1.54) is 11.1 Å². The Morgan fingerprint density at radius 2 is 1.85 bits per heavy atom. The zero-order valence-corrected chi connectivity index (χ0v) is 15.5. The van der Waals surface area contributed by atoms with Gasteiger partial charge < -0.3 is 10.6 Å². The third-order valence-electron chi connectivity index (χ3n) is 5.00. The van der Waals surface area contributed by atoms with Crippen LogP contribution in [-0.4, -0.2) is 22.2 Å². The summed E-state index contributed by atoms with van der Waals surface area (Å²) in [5.74, 6) is 0.781. The Labute approximate surface area is 159 Å². The van der Waals surface area contributed by atoms with E-state index in [1.54, 1.807) is 0 Å². The molecule has 0 unspecified atom stereocenters. The van der Waals surface area contributed by atoms with Crippen molar-refractivity contribution in [1.82, 2.24) is 15.1 Å². The summed E-state index contributed by atoms with van der Waals surface area (Å²) in [7, 11) is 0. The highest BCUT2D eigenvalue weighted by molar-refractivity contribution is 6.00. The zero-order chi connectivity index (χ0) is 18.6. The van der Waals surface area contributed by atoms with Crippen molar-refractivity contribution in [2.45, 2.75) is 32.4 Å². The fraction of sp³-hybridized carbons (Fsp3) is 0.273. The van der Waals surface area contributed by atoms with Gasteiger partial charge in [0.25, 0.3) is 5.91 Å². The molecule has 1 amide bonds. The van der Waals surface area contributed by atoms with E-state index in [9.17, 15) is 4.79 Å². The lowest BCUT2D eigenvalue weighted by molar-refractivity contribution is 0.0954. The number of nitrogens with zero attached hydrogens (tertiary/aromatic N) is 2. The van der Waals surface area contributed by atoms with Crippen LogP contribution >= 0.6 is 0 Å².